The Bertz CT molecular complexity index is 987. The molecule has 0 unspecified atom stereocenters. The number of anilines is 2. The zero-order chi connectivity index (χ0) is 19.9. The number of benzene rings is 2. The molecule has 3 rings (SSSR count). The van der Waals surface area contributed by atoms with E-state index in [1.54, 1.807) is 42.6 Å². The summed E-state index contributed by atoms with van der Waals surface area (Å²) in [6.07, 6.45) is 3.10. The van der Waals surface area contributed by atoms with Crippen molar-refractivity contribution in [3.8, 4) is 5.75 Å². The summed E-state index contributed by atoms with van der Waals surface area (Å²) in [5, 5.41) is 5.54. The molecule has 6 heteroatoms. The second kappa shape index (κ2) is 8.81. The van der Waals surface area contributed by atoms with Gasteiger partial charge in [0.05, 0.1) is 5.56 Å². The van der Waals surface area contributed by atoms with Gasteiger partial charge in [0.2, 0.25) is 0 Å². The number of amides is 2. The first kappa shape index (κ1) is 19.1. The minimum atomic E-state index is -0.283. The third kappa shape index (κ3) is 5.17. The predicted octanol–water partition coefficient (Wildman–Crippen LogP) is 3.97. The fraction of sp³-hybridized carbons (Fsp3) is 0.136. The van der Waals surface area contributed by atoms with Crippen molar-refractivity contribution in [3.63, 3.8) is 0 Å². The molecule has 0 aliphatic carbocycles. The molecule has 0 aliphatic rings. The minimum absolute atomic E-state index is 0.102. The maximum Gasteiger partial charge on any atom is 0.262 e. The Morgan fingerprint density at radius 3 is 2.43 bits per heavy atom. The quantitative estimate of drug-likeness (QED) is 0.683. The summed E-state index contributed by atoms with van der Waals surface area (Å²) in [6, 6.07) is 16.0. The lowest BCUT2D eigenvalue weighted by Crippen LogP contribution is -2.20. The lowest BCUT2D eigenvalue weighted by molar-refractivity contribution is -0.118. The number of hydrogen-bond acceptors (Lipinski definition) is 4. The first-order valence-corrected chi connectivity index (χ1v) is 8.82. The third-order valence-corrected chi connectivity index (χ3v) is 4.18. The normalized spacial score (nSPS) is 10.2. The Hall–Kier alpha value is -3.67. The number of rotatable bonds is 6. The van der Waals surface area contributed by atoms with Crippen molar-refractivity contribution in [2.24, 2.45) is 0 Å². The van der Waals surface area contributed by atoms with Gasteiger partial charge in [0.1, 0.15) is 5.75 Å². The summed E-state index contributed by atoms with van der Waals surface area (Å²) < 4.78 is 5.54. The van der Waals surface area contributed by atoms with Crippen LogP contribution in [0.15, 0.2) is 67.0 Å². The number of aromatic nitrogens is 1. The van der Waals surface area contributed by atoms with E-state index in [1.807, 2.05) is 32.0 Å². The molecular formula is C22H21N3O3. The van der Waals surface area contributed by atoms with Crippen LogP contribution < -0.4 is 15.4 Å². The van der Waals surface area contributed by atoms with Gasteiger partial charge in [0.15, 0.2) is 6.61 Å². The van der Waals surface area contributed by atoms with Crippen LogP contribution in [-0.4, -0.2) is 23.4 Å². The van der Waals surface area contributed by atoms with Gasteiger partial charge in [-0.05, 0) is 67.4 Å². The number of aryl methyl sites for hydroxylation is 2. The summed E-state index contributed by atoms with van der Waals surface area (Å²) >= 11 is 0. The molecule has 2 aromatic carbocycles. The molecule has 142 valence electrons. The highest BCUT2D eigenvalue weighted by Gasteiger charge is 2.08. The zero-order valence-corrected chi connectivity index (χ0v) is 15.7. The molecule has 1 heterocycles. The Balaban J connectivity index is 1.57. The number of hydrogen-bond donors (Lipinski definition) is 2. The van der Waals surface area contributed by atoms with Gasteiger partial charge in [-0.1, -0.05) is 12.1 Å². The fourth-order valence-electron chi connectivity index (χ4n) is 2.52. The number of nitrogens with one attached hydrogen (secondary N) is 2. The Morgan fingerprint density at radius 1 is 0.929 bits per heavy atom. The van der Waals surface area contributed by atoms with Crippen molar-refractivity contribution in [2.45, 2.75) is 13.8 Å². The van der Waals surface area contributed by atoms with E-state index in [2.05, 4.69) is 15.6 Å². The predicted molar refractivity (Wildman–Crippen MR) is 109 cm³/mol. The van der Waals surface area contributed by atoms with Crippen LogP contribution >= 0.6 is 0 Å². The molecule has 2 N–H and O–H groups in total. The van der Waals surface area contributed by atoms with E-state index in [1.165, 1.54) is 11.8 Å². The summed E-state index contributed by atoms with van der Waals surface area (Å²) in [5.41, 5.74) is 3.87. The van der Waals surface area contributed by atoms with Crippen LogP contribution in [0.25, 0.3) is 0 Å². The van der Waals surface area contributed by atoms with Crippen molar-refractivity contribution in [1.82, 2.24) is 4.98 Å². The molecule has 0 saturated carbocycles. The molecule has 1 aromatic heterocycles. The monoisotopic (exact) mass is 375 g/mol. The van der Waals surface area contributed by atoms with Crippen molar-refractivity contribution in [2.75, 3.05) is 17.2 Å². The van der Waals surface area contributed by atoms with Gasteiger partial charge in [0, 0.05) is 23.8 Å². The van der Waals surface area contributed by atoms with Gasteiger partial charge in [-0.25, -0.2) is 0 Å². The van der Waals surface area contributed by atoms with Gasteiger partial charge in [0.25, 0.3) is 11.8 Å². The van der Waals surface area contributed by atoms with E-state index < -0.39 is 0 Å². The van der Waals surface area contributed by atoms with Crippen LogP contribution in [-0.2, 0) is 4.79 Å². The molecule has 0 radical (unpaired) electrons. The maximum atomic E-state index is 12.2. The largest absolute Gasteiger partial charge is 0.484 e. The smallest absolute Gasteiger partial charge is 0.262 e. The molecule has 0 fully saturated rings. The SMILES string of the molecule is Cc1ccc(OCC(=O)Nc2cccc(NC(=O)c3cccnc3)c2)cc1C. The van der Waals surface area contributed by atoms with Gasteiger partial charge in [-0.15, -0.1) is 0 Å². The Labute approximate surface area is 163 Å². The molecule has 28 heavy (non-hydrogen) atoms. The lowest BCUT2D eigenvalue weighted by Gasteiger charge is -2.10. The van der Waals surface area contributed by atoms with Crippen LogP contribution in [0.4, 0.5) is 11.4 Å². The van der Waals surface area contributed by atoms with Crippen molar-refractivity contribution in [3.05, 3.63) is 83.7 Å². The Morgan fingerprint density at radius 2 is 1.71 bits per heavy atom. The third-order valence-electron chi connectivity index (χ3n) is 4.18. The van der Waals surface area contributed by atoms with Crippen LogP contribution in [0.3, 0.4) is 0 Å². The highest BCUT2D eigenvalue weighted by atomic mass is 16.5. The second-order valence-corrected chi connectivity index (χ2v) is 6.36. The summed E-state index contributed by atoms with van der Waals surface area (Å²) in [4.78, 5) is 28.3. The number of ether oxygens (including phenoxy) is 1. The number of carbonyl (C=O) groups excluding carboxylic acids is 2. The Kier molecular flexibility index (Phi) is 6.01. The number of carbonyl (C=O) groups is 2. The molecule has 0 spiro atoms. The molecule has 2 amide bonds. The molecule has 0 saturated heterocycles. The molecule has 3 aromatic rings. The van der Waals surface area contributed by atoms with E-state index in [-0.39, 0.29) is 18.4 Å². The summed E-state index contributed by atoms with van der Waals surface area (Å²) in [7, 11) is 0. The average Bonchev–Trinajstić information content (AvgIpc) is 2.70. The van der Waals surface area contributed by atoms with Crippen molar-refractivity contribution < 1.29 is 14.3 Å². The lowest BCUT2D eigenvalue weighted by atomic mass is 10.1. The molecule has 6 nitrogen and oxygen atoms in total. The highest BCUT2D eigenvalue weighted by Crippen LogP contribution is 2.18. The topological polar surface area (TPSA) is 80.3 Å². The molecule has 0 aliphatic heterocycles. The van der Waals surface area contributed by atoms with E-state index in [0.717, 1.165) is 5.56 Å². The van der Waals surface area contributed by atoms with Crippen LogP contribution in [0.2, 0.25) is 0 Å². The average molecular weight is 375 g/mol. The van der Waals surface area contributed by atoms with Crippen molar-refractivity contribution >= 4 is 23.2 Å². The zero-order valence-electron chi connectivity index (χ0n) is 15.7. The molecular weight excluding hydrogens is 354 g/mol. The van der Waals surface area contributed by atoms with Crippen LogP contribution in [0.1, 0.15) is 21.5 Å². The molecule has 0 bridgehead atoms. The first-order valence-electron chi connectivity index (χ1n) is 8.82. The van der Waals surface area contributed by atoms with Gasteiger partial charge in [-0.3, -0.25) is 14.6 Å². The summed E-state index contributed by atoms with van der Waals surface area (Å²) in [5.74, 6) is 0.0966. The summed E-state index contributed by atoms with van der Waals surface area (Å²) in [6.45, 7) is 3.91. The fourth-order valence-corrected chi connectivity index (χ4v) is 2.52. The van der Waals surface area contributed by atoms with E-state index in [9.17, 15) is 9.59 Å². The maximum absolute atomic E-state index is 12.2. The standard InChI is InChI=1S/C22H21N3O3/c1-15-8-9-20(11-16(15)2)28-14-21(26)24-18-6-3-7-19(12-18)25-22(27)17-5-4-10-23-13-17/h3-13H,14H2,1-2H3,(H,24,26)(H,25,27). The number of pyridine rings is 1. The van der Waals surface area contributed by atoms with Crippen molar-refractivity contribution in [1.29, 1.82) is 0 Å². The van der Waals surface area contributed by atoms with E-state index >= 15 is 0 Å². The van der Waals surface area contributed by atoms with Crippen LogP contribution in [0, 0.1) is 13.8 Å². The van der Waals surface area contributed by atoms with E-state index in [0.29, 0.717) is 22.7 Å². The molecule has 0 atom stereocenters. The van der Waals surface area contributed by atoms with Gasteiger partial charge in [-0.2, -0.15) is 0 Å². The van der Waals surface area contributed by atoms with Crippen LogP contribution in [0.5, 0.6) is 5.75 Å². The van der Waals surface area contributed by atoms with Gasteiger partial charge >= 0.3 is 0 Å². The van der Waals surface area contributed by atoms with Gasteiger partial charge < -0.3 is 15.4 Å². The van der Waals surface area contributed by atoms with E-state index in [4.69, 9.17) is 4.74 Å². The minimum Gasteiger partial charge on any atom is -0.484 e. The first-order chi connectivity index (χ1) is 13.5. The second-order valence-electron chi connectivity index (χ2n) is 6.36. The highest BCUT2D eigenvalue weighted by molar-refractivity contribution is 6.04. The number of nitrogens with zero attached hydrogens (tertiary/aromatic N) is 1.